The molecule has 0 fully saturated rings. The van der Waals surface area contributed by atoms with Gasteiger partial charge in [0.15, 0.2) is 0 Å². The van der Waals surface area contributed by atoms with Crippen LogP contribution in [0.4, 0.5) is 0 Å². The van der Waals surface area contributed by atoms with Gasteiger partial charge in [-0.25, -0.2) is 0 Å². The molecule has 0 spiro atoms. The summed E-state index contributed by atoms with van der Waals surface area (Å²) in [6, 6.07) is 6.35. The topological polar surface area (TPSA) is 22.1 Å². The molecule has 0 radical (unpaired) electrons. The first-order valence-electron chi connectivity index (χ1n) is 6.12. The van der Waals surface area contributed by atoms with Crippen molar-refractivity contribution in [3.63, 3.8) is 0 Å². The minimum atomic E-state index is 0.446. The first-order valence-corrected chi connectivity index (χ1v) is 6.12. The molecule has 17 heavy (non-hydrogen) atoms. The fourth-order valence-electron chi connectivity index (χ4n) is 2.18. The van der Waals surface area contributed by atoms with Crippen LogP contribution in [0.5, 0.6) is 5.75 Å². The standard InChI is InChI=1S/C15H19NO/c1-5-11-6-7-16-14-8-12(10(2)3)15(17-4)9-13(11)14/h6-10H,5H2,1-4H3. The first kappa shape index (κ1) is 11.9. The van der Waals surface area contributed by atoms with Crippen LogP contribution in [0.25, 0.3) is 10.9 Å². The summed E-state index contributed by atoms with van der Waals surface area (Å²) in [5.41, 5.74) is 3.61. The number of aryl methyl sites for hydroxylation is 1. The second-order valence-electron chi connectivity index (χ2n) is 4.59. The molecule has 0 aliphatic heterocycles. The summed E-state index contributed by atoms with van der Waals surface area (Å²) in [7, 11) is 1.73. The van der Waals surface area contributed by atoms with Crippen molar-refractivity contribution in [1.82, 2.24) is 4.98 Å². The van der Waals surface area contributed by atoms with Gasteiger partial charge in [0.2, 0.25) is 0 Å². The van der Waals surface area contributed by atoms with Crippen molar-refractivity contribution in [1.29, 1.82) is 0 Å². The van der Waals surface area contributed by atoms with E-state index in [1.165, 1.54) is 16.5 Å². The highest BCUT2D eigenvalue weighted by Gasteiger charge is 2.11. The highest BCUT2D eigenvalue weighted by atomic mass is 16.5. The Kier molecular flexibility index (Phi) is 3.32. The number of benzene rings is 1. The molecule has 90 valence electrons. The van der Waals surface area contributed by atoms with Crippen LogP contribution in [0.2, 0.25) is 0 Å². The van der Waals surface area contributed by atoms with E-state index in [1.54, 1.807) is 7.11 Å². The van der Waals surface area contributed by atoms with E-state index in [1.807, 2.05) is 6.20 Å². The van der Waals surface area contributed by atoms with E-state index in [9.17, 15) is 0 Å². The van der Waals surface area contributed by atoms with Gasteiger partial charge in [-0.05, 0) is 41.7 Å². The Labute approximate surface area is 103 Å². The van der Waals surface area contributed by atoms with Crippen LogP contribution in [-0.4, -0.2) is 12.1 Å². The Morgan fingerprint density at radius 3 is 2.65 bits per heavy atom. The minimum absolute atomic E-state index is 0.446. The van der Waals surface area contributed by atoms with Crippen LogP contribution in [0.15, 0.2) is 24.4 Å². The molecule has 0 amide bonds. The maximum Gasteiger partial charge on any atom is 0.123 e. The number of fused-ring (bicyclic) bond motifs is 1. The predicted molar refractivity (Wildman–Crippen MR) is 71.8 cm³/mol. The number of hydrogen-bond acceptors (Lipinski definition) is 2. The maximum atomic E-state index is 5.49. The fourth-order valence-corrected chi connectivity index (χ4v) is 2.18. The molecule has 2 heteroatoms. The number of nitrogens with zero attached hydrogens (tertiary/aromatic N) is 1. The molecule has 0 saturated carbocycles. The fraction of sp³-hybridized carbons (Fsp3) is 0.400. The van der Waals surface area contributed by atoms with E-state index in [4.69, 9.17) is 4.74 Å². The third-order valence-corrected chi connectivity index (χ3v) is 3.19. The number of methoxy groups -OCH3 is 1. The van der Waals surface area contributed by atoms with Gasteiger partial charge in [0, 0.05) is 11.6 Å². The lowest BCUT2D eigenvalue weighted by Crippen LogP contribution is -1.96. The van der Waals surface area contributed by atoms with Gasteiger partial charge in [-0.2, -0.15) is 0 Å². The second kappa shape index (κ2) is 4.74. The quantitative estimate of drug-likeness (QED) is 0.795. The number of aromatic nitrogens is 1. The zero-order valence-electron chi connectivity index (χ0n) is 10.9. The summed E-state index contributed by atoms with van der Waals surface area (Å²) in [6.07, 6.45) is 2.90. The third-order valence-electron chi connectivity index (χ3n) is 3.19. The van der Waals surface area contributed by atoms with Gasteiger partial charge in [0.1, 0.15) is 5.75 Å². The van der Waals surface area contributed by atoms with Gasteiger partial charge in [-0.1, -0.05) is 20.8 Å². The van der Waals surface area contributed by atoms with E-state index in [-0.39, 0.29) is 0 Å². The van der Waals surface area contributed by atoms with Gasteiger partial charge in [0.25, 0.3) is 0 Å². The van der Waals surface area contributed by atoms with Crippen LogP contribution in [0.1, 0.15) is 37.8 Å². The Bertz CT molecular complexity index is 532. The van der Waals surface area contributed by atoms with E-state index >= 15 is 0 Å². The Morgan fingerprint density at radius 2 is 2.06 bits per heavy atom. The van der Waals surface area contributed by atoms with Crippen LogP contribution in [-0.2, 0) is 6.42 Å². The predicted octanol–water partition coefficient (Wildman–Crippen LogP) is 3.93. The lowest BCUT2D eigenvalue weighted by Gasteiger charge is -2.14. The van der Waals surface area contributed by atoms with Gasteiger partial charge in [-0.3, -0.25) is 4.98 Å². The molecule has 0 aliphatic rings. The van der Waals surface area contributed by atoms with E-state index < -0.39 is 0 Å². The normalized spacial score (nSPS) is 11.1. The Balaban J connectivity index is 2.73. The summed E-state index contributed by atoms with van der Waals surface area (Å²) in [5, 5.41) is 1.20. The molecule has 0 atom stereocenters. The molecule has 0 saturated heterocycles. The lowest BCUT2D eigenvalue weighted by atomic mass is 9.98. The molecule has 0 N–H and O–H groups in total. The van der Waals surface area contributed by atoms with Gasteiger partial charge in [-0.15, -0.1) is 0 Å². The third kappa shape index (κ3) is 2.12. The van der Waals surface area contributed by atoms with Gasteiger partial charge < -0.3 is 4.74 Å². The SMILES string of the molecule is CCc1ccnc2cc(C(C)C)c(OC)cc12. The largest absolute Gasteiger partial charge is 0.496 e. The van der Waals surface area contributed by atoms with E-state index in [2.05, 4.69) is 44.0 Å². The zero-order chi connectivity index (χ0) is 12.4. The molecule has 0 aliphatic carbocycles. The summed E-state index contributed by atoms with van der Waals surface area (Å²) in [6.45, 7) is 6.51. The molecular weight excluding hydrogens is 210 g/mol. The van der Waals surface area contributed by atoms with Crippen molar-refractivity contribution in [2.24, 2.45) is 0 Å². The molecule has 1 heterocycles. The molecular formula is C15H19NO. The molecule has 1 aromatic carbocycles. The molecule has 1 aromatic heterocycles. The highest BCUT2D eigenvalue weighted by Crippen LogP contribution is 2.31. The van der Waals surface area contributed by atoms with Crippen molar-refractivity contribution in [2.75, 3.05) is 7.11 Å². The Hall–Kier alpha value is -1.57. The monoisotopic (exact) mass is 229 g/mol. The minimum Gasteiger partial charge on any atom is -0.496 e. The molecule has 2 nitrogen and oxygen atoms in total. The summed E-state index contributed by atoms with van der Waals surface area (Å²) in [4.78, 5) is 4.45. The van der Waals surface area contributed by atoms with Gasteiger partial charge >= 0.3 is 0 Å². The van der Waals surface area contributed by atoms with Crippen molar-refractivity contribution in [2.45, 2.75) is 33.1 Å². The van der Waals surface area contributed by atoms with Crippen molar-refractivity contribution >= 4 is 10.9 Å². The molecule has 2 aromatic rings. The molecule has 2 rings (SSSR count). The summed E-state index contributed by atoms with van der Waals surface area (Å²) >= 11 is 0. The number of pyridine rings is 1. The van der Waals surface area contributed by atoms with Gasteiger partial charge in [0.05, 0.1) is 12.6 Å². The van der Waals surface area contributed by atoms with E-state index in [0.717, 1.165) is 17.7 Å². The summed E-state index contributed by atoms with van der Waals surface area (Å²) in [5.74, 6) is 1.41. The zero-order valence-corrected chi connectivity index (χ0v) is 10.9. The van der Waals surface area contributed by atoms with Crippen molar-refractivity contribution in [3.05, 3.63) is 35.5 Å². The summed E-state index contributed by atoms with van der Waals surface area (Å²) < 4.78 is 5.49. The van der Waals surface area contributed by atoms with Crippen LogP contribution in [0.3, 0.4) is 0 Å². The number of hydrogen-bond donors (Lipinski definition) is 0. The number of ether oxygens (including phenoxy) is 1. The average molecular weight is 229 g/mol. The smallest absolute Gasteiger partial charge is 0.123 e. The van der Waals surface area contributed by atoms with E-state index in [0.29, 0.717) is 5.92 Å². The van der Waals surface area contributed by atoms with Crippen LogP contribution < -0.4 is 4.74 Å². The highest BCUT2D eigenvalue weighted by molar-refractivity contribution is 5.84. The Morgan fingerprint density at radius 1 is 1.29 bits per heavy atom. The average Bonchev–Trinajstić information content (AvgIpc) is 2.36. The first-order chi connectivity index (χ1) is 8.17. The molecule has 0 bridgehead atoms. The maximum absolute atomic E-state index is 5.49. The van der Waals surface area contributed by atoms with Crippen LogP contribution in [0, 0.1) is 0 Å². The second-order valence-corrected chi connectivity index (χ2v) is 4.59. The number of rotatable bonds is 3. The lowest BCUT2D eigenvalue weighted by molar-refractivity contribution is 0.408. The molecule has 0 unspecified atom stereocenters. The van der Waals surface area contributed by atoms with Crippen molar-refractivity contribution in [3.8, 4) is 5.75 Å². The van der Waals surface area contributed by atoms with Crippen molar-refractivity contribution < 1.29 is 4.74 Å². The van der Waals surface area contributed by atoms with Crippen LogP contribution >= 0.6 is 0 Å².